The molecule has 116 valence electrons. The van der Waals surface area contributed by atoms with Crippen LogP contribution in [0.3, 0.4) is 0 Å². The third kappa shape index (κ3) is 5.69. The van der Waals surface area contributed by atoms with Crippen LogP contribution in [0.4, 0.5) is 5.69 Å². The number of nitrogens with zero attached hydrogens (tertiary/aromatic N) is 1. The number of nitrogens with one attached hydrogen (secondary N) is 1. The lowest BCUT2D eigenvalue weighted by Gasteiger charge is -2.07. The van der Waals surface area contributed by atoms with Crippen LogP contribution in [0.2, 0.25) is 0 Å². The van der Waals surface area contributed by atoms with Crippen LogP contribution in [0.15, 0.2) is 47.1 Å². The van der Waals surface area contributed by atoms with Crippen molar-refractivity contribution in [1.29, 1.82) is 0 Å². The van der Waals surface area contributed by atoms with E-state index in [1.165, 1.54) is 0 Å². The molecule has 0 spiro atoms. The van der Waals surface area contributed by atoms with Crippen molar-refractivity contribution >= 4 is 39.3 Å². The van der Waals surface area contributed by atoms with Gasteiger partial charge in [0, 0.05) is 10.5 Å². The van der Waals surface area contributed by atoms with Crippen molar-refractivity contribution in [2.24, 2.45) is 0 Å². The lowest BCUT2D eigenvalue weighted by Crippen LogP contribution is -2.14. The van der Waals surface area contributed by atoms with E-state index < -0.39 is 0 Å². The van der Waals surface area contributed by atoms with Crippen molar-refractivity contribution in [3.05, 3.63) is 47.1 Å². The summed E-state index contributed by atoms with van der Waals surface area (Å²) in [6.07, 6.45) is 2.66. The summed E-state index contributed by atoms with van der Waals surface area (Å²) in [5, 5.41) is 2.82. The van der Waals surface area contributed by atoms with Gasteiger partial charge >= 0.3 is 0 Å². The summed E-state index contributed by atoms with van der Waals surface area (Å²) >= 11 is 5.02. The molecule has 1 amide bonds. The maximum Gasteiger partial charge on any atom is 0.234 e. The summed E-state index contributed by atoms with van der Waals surface area (Å²) in [7, 11) is 0. The predicted molar refractivity (Wildman–Crippen MR) is 94.7 cm³/mol. The number of amides is 1. The molecule has 0 saturated carbocycles. The van der Waals surface area contributed by atoms with Crippen molar-refractivity contribution in [3.8, 4) is 11.6 Å². The summed E-state index contributed by atoms with van der Waals surface area (Å²) < 4.78 is 6.58. The number of pyridine rings is 1. The van der Waals surface area contributed by atoms with Gasteiger partial charge in [-0.25, -0.2) is 4.98 Å². The van der Waals surface area contributed by atoms with Gasteiger partial charge in [-0.05, 0) is 36.4 Å². The molecule has 1 N–H and O–H groups in total. The van der Waals surface area contributed by atoms with Crippen LogP contribution in [0.5, 0.6) is 11.6 Å². The molecule has 0 aliphatic heterocycles. The Bertz CT molecular complexity index is 620. The molecule has 6 heteroatoms. The number of hydrogen-bond acceptors (Lipinski definition) is 4. The summed E-state index contributed by atoms with van der Waals surface area (Å²) in [6.45, 7) is 2.10. The van der Waals surface area contributed by atoms with Crippen LogP contribution in [-0.2, 0) is 4.79 Å². The fourth-order valence-electron chi connectivity index (χ4n) is 1.67. The largest absolute Gasteiger partial charge is 0.439 e. The molecule has 0 fully saturated rings. The van der Waals surface area contributed by atoms with E-state index in [9.17, 15) is 4.79 Å². The van der Waals surface area contributed by atoms with Crippen molar-refractivity contribution < 1.29 is 9.53 Å². The average molecular weight is 381 g/mol. The summed E-state index contributed by atoms with van der Waals surface area (Å²) in [5.74, 6) is 2.63. The highest BCUT2D eigenvalue weighted by Crippen LogP contribution is 2.23. The van der Waals surface area contributed by atoms with Gasteiger partial charge in [0.25, 0.3) is 0 Å². The summed E-state index contributed by atoms with van der Waals surface area (Å²) in [4.78, 5) is 15.9. The Morgan fingerprint density at radius 1 is 1.36 bits per heavy atom. The first-order valence-corrected chi connectivity index (χ1v) is 8.89. The average Bonchev–Trinajstić information content (AvgIpc) is 2.50. The number of ether oxygens (including phenoxy) is 1. The Balaban J connectivity index is 1.88. The van der Waals surface area contributed by atoms with Gasteiger partial charge in [0.05, 0.1) is 17.6 Å². The van der Waals surface area contributed by atoms with Gasteiger partial charge in [-0.1, -0.05) is 28.9 Å². The van der Waals surface area contributed by atoms with E-state index in [1.807, 2.05) is 24.3 Å². The second-order valence-corrected chi connectivity index (χ2v) is 6.57. The first-order chi connectivity index (χ1) is 10.7. The normalized spacial score (nSPS) is 10.3. The monoisotopic (exact) mass is 380 g/mol. The van der Waals surface area contributed by atoms with Gasteiger partial charge in [0.2, 0.25) is 11.8 Å². The van der Waals surface area contributed by atoms with Crippen LogP contribution in [0, 0.1) is 0 Å². The maximum atomic E-state index is 11.7. The molecular weight excluding hydrogens is 364 g/mol. The fraction of sp³-hybridized carbons (Fsp3) is 0.250. The minimum absolute atomic E-state index is 0.0130. The molecule has 0 saturated heterocycles. The molecule has 0 atom stereocenters. The zero-order chi connectivity index (χ0) is 15.8. The fourth-order valence-corrected chi connectivity index (χ4v) is 2.74. The van der Waals surface area contributed by atoms with Gasteiger partial charge in [-0.2, -0.15) is 11.8 Å². The van der Waals surface area contributed by atoms with E-state index in [0.29, 0.717) is 23.1 Å². The topological polar surface area (TPSA) is 51.2 Å². The third-order valence-corrected chi connectivity index (χ3v) is 4.28. The van der Waals surface area contributed by atoms with Crippen LogP contribution >= 0.6 is 27.7 Å². The molecule has 22 heavy (non-hydrogen) atoms. The number of aromatic nitrogens is 1. The van der Waals surface area contributed by atoms with Crippen LogP contribution < -0.4 is 10.1 Å². The quantitative estimate of drug-likeness (QED) is 0.706. The van der Waals surface area contributed by atoms with Crippen LogP contribution in [0.25, 0.3) is 0 Å². The van der Waals surface area contributed by atoms with Crippen molar-refractivity contribution in [2.75, 3.05) is 16.8 Å². The Morgan fingerprint density at radius 2 is 2.23 bits per heavy atom. The highest BCUT2D eigenvalue weighted by atomic mass is 79.9. The molecule has 1 aromatic heterocycles. The van der Waals surface area contributed by atoms with Crippen molar-refractivity contribution in [3.63, 3.8) is 0 Å². The lowest BCUT2D eigenvalue weighted by atomic mass is 10.3. The van der Waals surface area contributed by atoms with E-state index in [4.69, 9.17) is 4.74 Å². The number of rotatable bonds is 7. The van der Waals surface area contributed by atoms with Crippen LogP contribution in [0.1, 0.15) is 13.3 Å². The first-order valence-electron chi connectivity index (χ1n) is 6.94. The molecule has 1 heterocycles. The molecule has 2 aromatic rings. The van der Waals surface area contributed by atoms with Gasteiger partial charge in [-0.15, -0.1) is 0 Å². The SMILES string of the molecule is CCCSCC(=O)Nc1ccc(Oc2cccc(Br)c2)nc1. The number of thioether (sulfide) groups is 1. The Kier molecular flexibility index (Phi) is 6.74. The summed E-state index contributed by atoms with van der Waals surface area (Å²) in [6, 6.07) is 11.0. The molecule has 0 aliphatic carbocycles. The van der Waals surface area contributed by atoms with E-state index >= 15 is 0 Å². The summed E-state index contributed by atoms with van der Waals surface area (Å²) in [5.41, 5.74) is 0.670. The Hall–Kier alpha value is -1.53. The van der Waals surface area contributed by atoms with E-state index in [1.54, 1.807) is 30.1 Å². The lowest BCUT2D eigenvalue weighted by molar-refractivity contribution is -0.113. The number of halogens is 1. The number of anilines is 1. The molecule has 4 nitrogen and oxygen atoms in total. The van der Waals surface area contributed by atoms with Gasteiger partial charge in [0.15, 0.2) is 0 Å². The van der Waals surface area contributed by atoms with Crippen molar-refractivity contribution in [2.45, 2.75) is 13.3 Å². The van der Waals surface area contributed by atoms with Gasteiger partial charge < -0.3 is 10.1 Å². The third-order valence-electron chi connectivity index (χ3n) is 2.62. The Morgan fingerprint density at radius 3 is 2.91 bits per heavy atom. The number of carbonyl (C=O) groups excluding carboxylic acids is 1. The van der Waals surface area contributed by atoms with E-state index in [0.717, 1.165) is 16.6 Å². The van der Waals surface area contributed by atoms with Crippen molar-refractivity contribution in [1.82, 2.24) is 4.98 Å². The minimum Gasteiger partial charge on any atom is -0.439 e. The molecule has 0 bridgehead atoms. The second kappa shape index (κ2) is 8.80. The molecule has 0 unspecified atom stereocenters. The molecule has 0 aliphatic rings. The first kappa shape index (κ1) is 16.8. The predicted octanol–water partition coefficient (Wildman–Crippen LogP) is 4.72. The standard InChI is InChI=1S/C16H17BrN2O2S/c1-2-8-22-11-15(20)19-13-6-7-16(18-10-13)21-14-5-3-4-12(17)9-14/h3-7,9-10H,2,8,11H2,1H3,(H,19,20). The number of benzene rings is 1. The van der Waals surface area contributed by atoms with Crippen LogP contribution in [-0.4, -0.2) is 22.4 Å². The molecule has 0 radical (unpaired) electrons. The minimum atomic E-state index is -0.0130. The Labute approximate surface area is 142 Å². The highest BCUT2D eigenvalue weighted by molar-refractivity contribution is 9.10. The molecule has 2 rings (SSSR count). The van der Waals surface area contributed by atoms with E-state index in [-0.39, 0.29) is 5.91 Å². The maximum absolute atomic E-state index is 11.7. The number of hydrogen-bond donors (Lipinski definition) is 1. The zero-order valence-corrected chi connectivity index (χ0v) is 14.6. The smallest absolute Gasteiger partial charge is 0.234 e. The van der Waals surface area contributed by atoms with E-state index in [2.05, 4.69) is 33.2 Å². The highest BCUT2D eigenvalue weighted by Gasteiger charge is 2.04. The molecular formula is C16H17BrN2O2S. The molecule has 1 aromatic carbocycles. The van der Waals surface area contributed by atoms with Gasteiger partial charge in [0.1, 0.15) is 5.75 Å². The number of carbonyl (C=O) groups is 1. The second-order valence-electron chi connectivity index (χ2n) is 4.55. The zero-order valence-electron chi connectivity index (χ0n) is 12.2. The van der Waals surface area contributed by atoms with Gasteiger partial charge in [-0.3, -0.25) is 4.79 Å².